The van der Waals surface area contributed by atoms with Crippen LogP contribution in [0.1, 0.15) is 43.6 Å². The van der Waals surface area contributed by atoms with E-state index >= 15 is 0 Å². The summed E-state index contributed by atoms with van der Waals surface area (Å²) in [4.78, 5) is 76.6. The highest BCUT2D eigenvalue weighted by atomic mass is 35.6. The van der Waals surface area contributed by atoms with Crippen LogP contribution in [0.4, 0.5) is 4.79 Å². The molecule has 0 saturated carbocycles. The van der Waals surface area contributed by atoms with Crippen molar-refractivity contribution in [3.8, 4) is 0 Å². The van der Waals surface area contributed by atoms with Gasteiger partial charge in [0.05, 0.1) is 18.8 Å². The number of alkyl halides is 3. The molecule has 0 unspecified atom stereocenters. The van der Waals surface area contributed by atoms with Crippen LogP contribution < -0.4 is 10.6 Å². The van der Waals surface area contributed by atoms with E-state index in [0.717, 1.165) is 20.8 Å². The Hall–Kier alpha value is -4.53. The fourth-order valence-electron chi connectivity index (χ4n) is 6.33. The number of nitrogens with one attached hydrogen (secondary N) is 2. The van der Waals surface area contributed by atoms with E-state index in [4.69, 9.17) is 82.2 Å². The lowest BCUT2D eigenvalue weighted by Gasteiger charge is -2.49. The number of hydrogen-bond acceptors (Lipinski definition) is 16. The van der Waals surface area contributed by atoms with Gasteiger partial charge in [-0.1, -0.05) is 89.4 Å². The Labute approximate surface area is 366 Å². The van der Waals surface area contributed by atoms with Crippen LogP contribution in [0.3, 0.4) is 0 Å². The molecule has 2 amide bonds. The van der Waals surface area contributed by atoms with Gasteiger partial charge in [-0.25, -0.2) is 9.59 Å². The molecular weight excluding hydrogens is 871 g/mol. The van der Waals surface area contributed by atoms with Crippen molar-refractivity contribution < 1.29 is 76.1 Å². The lowest BCUT2D eigenvalue weighted by atomic mass is 9.94. The number of ether oxygens (including phenoxy) is 10. The third kappa shape index (κ3) is 15.7. The lowest BCUT2D eigenvalue weighted by Crippen LogP contribution is -2.70. The molecule has 2 fully saturated rings. The van der Waals surface area contributed by atoms with Crippen molar-refractivity contribution in [2.75, 3.05) is 26.4 Å². The van der Waals surface area contributed by atoms with Crippen LogP contribution in [0.15, 0.2) is 73.3 Å². The maximum atomic E-state index is 13.4. The molecule has 0 spiro atoms. The average molecular weight is 918 g/mol. The lowest BCUT2D eigenvalue weighted by molar-refractivity contribution is -0.336. The summed E-state index contributed by atoms with van der Waals surface area (Å²) in [5.74, 6) is -3.77. The van der Waals surface area contributed by atoms with E-state index in [1.54, 1.807) is 60.7 Å². The van der Waals surface area contributed by atoms with E-state index in [-0.39, 0.29) is 18.8 Å². The van der Waals surface area contributed by atoms with Gasteiger partial charge < -0.3 is 58.0 Å². The van der Waals surface area contributed by atoms with E-state index in [9.17, 15) is 28.8 Å². The maximum absolute atomic E-state index is 13.4. The van der Waals surface area contributed by atoms with Crippen molar-refractivity contribution in [1.29, 1.82) is 0 Å². The Morgan fingerprint density at radius 2 is 1.26 bits per heavy atom. The number of carbonyl (C=O) groups is 6. The molecule has 4 rings (SSSR count). The number of esters is 4. The van der Waals surface area contributed by atoms with E-state index in [2.05, 4.69) is 17.2 Å². The average Bonchev–Trinajstić information content (AvgIpc) is 3.20. The largest absolute Gasteiger partial charge is 0.463 e. The number of carbonyl (C=O) groups excluding carboxylic acids is 6. The molecular formula is C40H47Cl3N2O16. The first kappa shape index (κ1) is 49.1. The van der Waals surface area contributed by atoms with Crippen LogP contribution in [-0.2, 0) is 73.2 Å². The summed E-state index contributed by atoms with van der Waals surface area (Å²) >= 11 is 17.5. The van der Waals surface area contributed by atoms with Crippen LogP contribution >= 0.6 is 34.8 Å². The number of halogens is 3. The second-order valence-corrected chi connectivity index (χ2v) is 16.1. The van der Waals surface area contributed by atoms with Gasteiger partial charge in [0, 0.05) is 27.7 Å². The SMILES string of the molecule is C=CCO[C@H]1O[C@H](COC(=O)c2ccccc2)[C@@H](O[C@@H]2O[C@H](COC(C)=O)[C@@H](OC(C)=O)[C@H](OC(C)=O)[C@H]2NC(=O)OCC(Cl)(Cl)Cl)[C@H](OCc2ccccc2)[C@H]1NC(C)=O. The van der Waals surface area contributed by atoms with Crippen LogP contribution in [0.2, 0.25) is 0 Å². The second kappa shape index (κ2) is 23.6. The van der Waals surface area contributed by atoms with Crippen molar-refractivity contribution in [2.45, 2.75) is 99.4 Å². The zero-order valence-electron chi connectivity index (χ0n) is 33.5. The van der Waals surface area contributed by atoms with Gasteiger partial charge in [0.25, 0.3) is 0 Å². The first-order valence-corrected chi connectivity index (χ1v) is 19.9. The van der Waals surface area contributed by atoms with E-state index in [1.165, 1.54) is 13.0 Å². The maximum Gasteiger partial charge on any atom is 0.407 e. The minimum absolute atomic E-state index is 0.0539. The summed E-state index contributed by atoms with van der Waals surface area (Å²) in [7, 11) is 0. The molecule has 21 heteroatoms. The van der Waals surface area contributed by atoms with Crippen molar-refractivity contribution in [1.82, 2.24) is 10.6 Å². The molecule has 0 aromatic heterocycles. The van der Waals surface area contributed by atoms with Gasteiger partial charge in [-0.2, -0.15) is 0 Å². The molecule has 2 aromatic carbocycles. The van der Waals surface area contributed by atoms with Gasteiger partial charge in [0.15, 0.2) is 24.8 Å². The third-order valence-electron chi connectivity index (χ3n) is 8.71. The number of alkyl carbamates (subject to hydrolysis) is 1. The molecule has 2 aliphatic heterocycles. The Kier molecular flexibility index (Phi) is 19.0. The number of benzene rings is 2. The standard InChI is InChI=1S/C40H47Cl3N2O16/c1-6-17-52-37-30(44-22(2)46)34(54-18-26-13-9-7-10-14-26)32(29(59-37)20-55-36(50)27-15-11-8-12-16-27)61-38-31(45-39(51)56-21-40(41,42)43)35(58-25(5)49)33(57-24(4)48)28(60-38)19-53-23(3)47/h6-16,28-35,37-38H,1,17-21H2,2-5H3,(H,44,46)(H,45,51)/t28-,29-,30-,31-,32-,33-,34-,35-,37+,38+/m1/s1. The zero-order valence-corrected chi connectivity index (χ0v) is 35.8. The number of rotatable bonds is 18. The topological polar surface area (TPSA) is 219 Å². The summed E-state index contributed by atoms with van der Waals surface area (Å²) in [5.41, 5.74) is 0.918. The Morgan fingerprint density at radius 1 is 0.689 bits per heavy atom. The smallest absolute Gasteiger partial charge is 0.407 e. The summed E-state index contributed by atoms with van der Waals surface area (Å²) < 4.78 is 57.2. The van der Waals surface area contributed by atoms with Crippen molar-refractivity contribution >= 4 is 70.7 Å². The highest BCUT2D eigenvalue weighted by molar-refractivity contribution is 6.67. The summed E-state index contributed by atoms with van der Waals surface area (Å²) in [6, 6.07) is 14.3. The van der Waals surface area contributed by atoms with Crippen molar-refractivity contribution in [3.05, 3.63) is 84.4 Å². The molecule has 61 heavy (non-hydrogen) atoms. The molecule has 0 radical (unpaired) electrons. The molecule has 2 N–H and O–H groups in total. The molecule has 2 saturated heterocycles. The fourth-order valence-corrected chi connectivity index (χ4v) is 6.49. The molecule has 2 aromatic rings. The first-order chi connectivity index (χ1) is 28.9. The molecule has 10 atom stereocenters. The third-order valence-corrected chi connectivity index (χ3v) is 9.04. The van der Waals surface area contributed by atoms with Crippen molar-refractivity contribution in [3.63, 3.8) is 0 Å². The number of amides is 2. The molecule has 0 bridgehead atoms. The van der Waals surface area contributed by atoms with Crippen LogP contribution in [0, 0.1) is 0 Å². The van der Waals surface area contributed by atoms with Crippen LogP contribution in [0.5, 0.6) is 0 Å². The fraction of sp³-hybridized carbons (Fsp3) is 0.500. The van der Waals surface area contributed by atoms with Gasteiger partial charge in [-0.3, -0.25) is 19.2 Å². The minimum atomic E-state index is -2.04. The predicted molar refractivity (Wildman–Crippen MR) is 214 cm³/mol. The molecule has 334 valence electrons. The van der Waals surface area contributed by atoms with E-state index in [0.29, 0.717) is 5.56 Å². The van der Waals surface area contributed by atoms with E-state index in [1.807, 2.05) is 0 Å². The van der Waals surface area contributed by atoms with Gasteiger partial charge in [-0.15, -0.1) is 6.58 Å². The van der Waals surface area contributed by atoms with Crippen molar-refractivity contribution in [2.24, 2.45) is 0 Å². The van der Waals surface area contributed by atoms with Crippen LogP contribution in [0.25, 0.3) is 0 Å². The molecule has 0 aliphatic carbocycles. The monoisotopic (exact) mass is 916 g/mol. The summed E-state index contributed by atoms with van der Waals surface area (Å²) in [5, 5.41) is 5.28. The van der Waals surface area contributed by atoms with Gasteiger partial charge >= 0.3 is 30.0 Å². The summed E-state index contributed by atoms with van der Waals surface area (Å²) in [6.07, 6.45) is -11.4. The minimum Gasteiger partial charge on any atom is -0.463 e. The summed E-state index contributed by atoms with van der Waals surface area (Å²) in [6.45, 7) is 6.24. The van der Waals surface area contributed by atoms with Gasteiger partial charge in [-0.05, 0) is 17.7 Å². The number of hydrogen-bond donors (Lipinski definition) is 2. The zero-order chi connectivity index (χ0) is 44.7. The normalized spacial score (nSPS) is 26.1. The molecule has 2 heterocycles. The highest BCUT2D eigenvalue weighted by Gasteiger charge is 2.56. The first-order valence-electron chi connectivity index (χ1n) is 18.8. The van der Waals surface area contributed by atoms with Gasteiger partial charge in [0.2, 0.25) is 9.70 Å². The second-order valence-electron chi connectivity index (χ2n) is 13.6. The van der Waals surface area contributed by atoms with Gasteiger partial charge in [0.1, 0.15) is 56.3 Å². The quantitative estimate of drug-likeness (QED) is 0.0939. The van der Waals surface area contributed by atoms with Crippen LogP contribution in [-0.4, -0.2) is 127 Å². The Balaban J connectivity index is 1.87. The van der Waals surface area contributed by atoms with E-state index < -0.39 is 121 Å². The Bertz CT molecular complexity index is 1800. The molecule has 2 aliphatic rings. The molecule has 18 nitrogen and oxygen atoms in total. The Morgan fingerprint density at radius 3 is 1.85 bits per heavy atom. The predicted octanol–water partition coefficient (Wildman–Crippen LogP) is 3.86. The highest BCUT2D eigenvalue weighted by Crippen LogP contribution is 2.34.